The number of benzene rings is 2. The topological polar surface area (TPSA) is 95.5 Å². The lowest BCUT2D eigenvalue weighted by atomic mass is 10.1. The fraction of sp³-hybridized carbons (Fsp3) is 0.227. The molecule has 3 aromatic rings. The maximum Gasteiger partial charge on any atom is 0.417 e. The molecule has 8 nitrogen and oxygen atoms in total. The smallest absolute Gasteiger partial charge is 0.353 e. The van der Waals surface area contributed by atoms with Crippen LogP contribution >= 0.6 is 0 Å². The number of nitrogens with one attached hydrogen (secondary N) is 1. The Hall–Kier alpha value is -3.51. The first-order valence-electron chi connectivity index (χ1n) is 10.2. The lowest BCUT2D eigenvalue weighted by Crippen LogP contribution is -2.48. The van der Waals surface area contributed by atoms with E-state index in [1.54, 1.807) is 18.6 Å². The monoisotopic (exact) mass is 491 g/mol. The minimum atomic E-state index is -4.68. The molecule has 4 rings (SSSR count). The van der Waals surface area contributed by atoms with Gasteiger partial charge in [-0.2, -0.15) is 17.5 Å². The minimum Gasteiger partial charge on any atom is -0.353 e. The number of hydrogen-bond acceptors (Lipinski definition) is 6. The number of piperazine rings is 1. The van der Waals surface area contributed by atoms with E-state index >= 15 is 0 Å². The summed E-state index contributed by atoms with van der Waals surface area (Å²) >= 11 is 0. The first kappa shape index (κ1) is 23.6. The van der Waals surface area contributed by atoms with E-state index in [2.05, 4.69) is 15.3 Å². The fourth-order valence-electron chi connectivity index (χ4n) is 3.60. The van der Waals surface area contributed by atoms with Gasteiger partial charge in [0.2, 0.25) is 10.0 Å². The first-order valence-corrected chi connectivity index (χ1v) is 11.7. The number of anilines is 2. The van der Waals surface area contributed by atoms with E-state index in [-0.39, 0.29) is 23.7 Å². The minimum absolute atomic E-state index is 0.0224. The number of hydrogen-bond donors (Lipinski definition) is 1. The molecule has 0 aliphatic carbocycles. The third kappa shape index (κ3) is 5.02. The van der Waals surface area contributed by atoms with Gasteiger partial charge >= 0.3 is 6.18 Å². The van der Waals surface area contributed by atoms with Crippen molar-refractivity contribution in [2.75, 3.05) is 36.4 Å². The number of rotatable bonds is 5. The zero-order valence-electron chi connectivity index (χ0n) is 17.7. The van der Waals surface area contributed by atoms with Crippen molar-refractivity contribution in [1.82, 2.24) is 14.3 Å². The molecule has 178 valence electrons. The van der Waals surface area contributed by atoms with Crippen molar-refractivity contribution >= 4 is 27.4 Å². The molecule has 1 aliphatic heterocycles. The lowest BCUT2D eigenvalue weighted by Gasteiger charge is -2.34. The van der Waals surface area contributed by atoms with Gasteiger partial charge in [0.1, 0.15) is 5.82 Å². The van der Waals surface area contributed by atoms with Crippen LogP contribution in [0.4, 0.5) is 24.7 Å². The van der Waals surface area contributed by atoms with Crippen LogP contribution < -0.4 is 10.2 Å². The molecule has 0 atom stereocenters. The largest absolute Gasteiger partial charge is 0.417 e. The van der Waals surface area contributed by atoms with Crippen LogP contribution in [0.2, 0.25) is 0 Å². The molecule has 12 heteroatoms. The van der Waals surface area contributed by atoms with Crippen LogP contribution in [0, 0.1) is 0 Å². The Morgan fingerprint density at radius 3 is 2.24 bits per heavy atom. The van der Waals surface area contributed by atoms with Gasteiger partial charge in [-0.1, -0.05) is 12.1 Å². The van der Waals surface area contributed by atoms with E-state index in [0.29, 0.717) is 18.9 Å². The summed E-state index contributed by atoms with van der Waals surface area (Å²) < 4.78 is 66.9. The van der Waals surface area contributed by atoms with Crippen molar-refractivity contribution in [2.24, 2.45) is 0 Å². The van der Waals surface area contributed by atoms with Gasteiger partial charge in [-0.05, 0) is 36.4 Å². The molecule has 1 amide bonds. The molecular formula is C22H20F3N5O3S. The standard InChI is InChI=1S/C22H20F3N5O3S/c23-22(24,25)19-4-2-1-3-18(19)21(31)28-16-5-7-17(8-6-16)34(32,33)30-13-11-29(12-14-30)20-15-26-9-10-27-20/h1-10,15H,11-14H2,(H,28,31). The molecule has 1 aliphatic rings. The molecule has 0 radical (unpaired) electrons. The lowest BCUT2D eigenvalue weighted by molar-refractivity contribution is -0.137. The molecule has 0 spiro atoms. The molecule has 0 bridgehead atoms. The van der Waals surface area contributed by atoms with Crippen LogP contribution in [0.25, 0.3) is 0 Å². The van der Waals surface area contributed by atoms with Crippen molar-refractivity contribution in [2.45, 2.75) is 11.1 Å². The van der Waals surface area contributed by atoms with Crippen LogP contribution in [0.3, 0.4) is 0 Å². The van der Waals surface area contributed by atoms with Gasteiger partial charge in [-0.3, -0.25) is 9.78 Å². The second kappa shape index (κ2) is 9.39. The summed E-state index contributed by atoms with van der Waals surface area (Å²) in [4.78, 5) is 22.6. The quantitative estimate of drug-likeness (QED) is 0.589. The van der Waals surface area contributed by atoms with Crippen molar-refractivity contribution < 1.29 is 26.4 Å². The Labute approximate surface area is 194 Å². The summed E-state index contributed by atoms with van der Waals surface area (Å²) in [5.41, 5.74) is -1.40. The second-order valence-corrected chi connectivity index (χ2v) is 9.41. The van der Waals surface area contributed by atoms with Crippen molar-refractivity contribution in [3.63, 3.8) is 0 Å². The molecule has 1 N–H and O–H groups in total. The number of nitrogens with zero attached hydrogens (tertiary/aromatic N) is 4. The molecule has 0 saturated carbocycles. The highest BCUT2D eigenvalue weighted by Crippen LogP contribution is 2.32. The highest BCUT2D eigenvalue weighted by molar-refractivity contribution is 7.89. The fourth-order valence-corrected chi connectivity index (χ4v) is 5.02. The summed E-state index contributed by atoms with van der Waals surface area (Å²) in [6.07, 6.45) is 0.0686. The Balaban J connectivity index is 1.43. The third-order valence-electron chi connectivity index (χ3n) is 5.34. The van der Waals surface area contributed by atoms with E-state index in [1.165, 1.54) is 40.7 Å². The predicted octanol–water partition coefficient (Wildman–Crippen LogP) is 3.26. The Morgan fingerprint density at radius 1 is 0.941 bits per heavy atom. The zero-order valence-corrected chi connectivity index (χ0v) is 18.6. The Kier molecular flexibility index (Phi) is 6.53. The maximum atomic E-state index is 13.2. The van der Waals surface area contributed by atoms with Crippen molar-refractivity contribution in [1.29, 1.82) is 0 Å². The molecule has 34 heavy (non-hydrogen) atoms. The van der Waals surface area contributed by atoms with Crippen LogP contribution in [0.1, 0.15) is 15.9 Å². The molecule has 2 heterocycles. The molecule has 1 aromatic heterocycles. The Bertz CT molecular complexity index is 1260. The summed E-state index contributed by atoms with van der Waals surface area (Å²) in [6.45, 7) is 1.41. The van der Waals surface area contributed by atoms with Gasteiger partial charge in [0.25, 0.3) is 5.91 Å². The highest BCUT2D eigenvalue weighted by atomic mass is 32.2. The summed E-state index contributed by atoms with van der Waals surface area (Å²) in [5.74, 6) is -0.268. The molecule has 1 fully saturated rings. The molecule has 2 aromatic carbocycles. The van der Waals surface area contributed by atoms with E-state index in [0.717, 1.165) is 12.1 Å². The zero-order chi connectivity index (χ0) is 24.3. The number of carbonyl (C=O) groups excluding carboxylic acids is 1. The highest BCUT2D eigenvalue weighted by Gasteiger charge is 2.35. The molecular weight excluding hydrogens is 471 g/mol. The van der Waals surface area contributed by atoms with E-state index in [9.17, 15) is 26.4 Å². The van der Waals surface area contributed by atoms with E-state index < -0.39 is 33.2 Å². The average Bonchev–Trinajstić information content (AvgIpc) is 2.84. The van der Waals surface area contributed by atoms with Gasteiger partial charge in [-0.25, -0.2) is 13.4 Å². The molecule has 0 unspecified atom stereocenters. The van der Waals surface area contributed by atoms with Gasteiger partial charge in [0.15, 0.2) is 0 Å². The Morgan fingerprint density at radius 2 is 1.62 bits per heavy atom. The number of halogens is 3. The van der Waals surface area contributed by atoms with Crippen LogP contribution in [-0.4, -0.2) is 54.8 Å². The van der Waals surface area contributed by atoms with Gasteiger partial charge < -0.3 is 10.2 Å². The van der Waals surface area contributed by atoms with E-state index in [1.807, 2.05) is 4.90 Å². The number of sulfonamides is 1. The number of aromatic nitrogens is 2. The second-order valence-electron chi connectivity index (χ2n) is 7.48. The van der Waals surface area contributed by atoms with Gasteiger partial charge in [0.05, 0.1) is 22.2 Å². The normalized spacial score (nSPS) is 15.2. The van der Waals surface area contributed by atoms with Crippen LogP contribution in [0.15, 0.2) is 72.0 Å². The molecule has 1 saturated heterocycles. The summed E-state index contributed by atoms with van der Waals surface area (Å²) in [5, 5.41) is 2.39. The third-order valence-corrected chi connectivity index (χ3v) is 7.25. The predicted molar refractivity (Wildman–Crippen MR) is 119 cm³/mol. The summed E-state index contributed by atoms with van der Waals surface area (Å²) in [7, 11) is -3.78. The summed E-state index contributed by atoms with van der Waals surface area (Å²) in [6, 6.07) is 9.77. The maximum absolute atomic E-state index is 13.2. The van der Waals surface area contributed by atoms with Gasteiger partial charge in [-0.15, -0.1) is 0 Å². The number of carbonyl (C=O) groups is 1. The van der Waals surface area contributed by atoms with Crippen LogP contribution in [0.5, 0.6) is 0 Å². The number of amides is 1. The van der Waals surface area contributed by atoms with Crippen molar-refractivity contribution in [3.05, 3.63) is 78.2 Å². The van der Waals surface area contributed by atoms with E-state index in [4.69, 9.17) is 0 Å². The van der Waals surface area contributed by atoms with Crippen LogP contribution in [-0.2, 0) is 16.2 Å². The SMILES string of the molecule is O=C(Nc1ccc(S(=O)(=O)N2CCN(c3cnccn3)CC2)cc1)c1ccccc1C(F)(F)F. The number of alkyl halides is 3. The van der Waals surface area contributed by atoms with Gasteiger partial charge in [0, 0.05) is 44.3 Å². The first-order chi connectivity index (χ1) is 16.2. The van der Waals surface area contributed by atoms with Crippen molar-refractivity contribution in [3.8, 4) is 0 Å². The average molecular weight is 491 g/mol.